The highest BCUT2D eigenvalue weighted by atomic mass is 79.9. The van der Waals surface area contributed by atoms with E-state index in [1.54, 1.807) is 7.11 Å². The molecule has 2 aromatic rings. The van der Waals surface area contributed by atoms with Gasteiger partial charge in [0.2, 0.25) is 0 Å². The molecular weight excluding hydrogens is 330 g/mol. The van der Waals surface area contributed by atoms with Crippen molar-refractivity contribution in [1.29, 1.82) is 0 Å². The molecule has 1 heterocycles. The number of rotatable bonds is 4. The summed E-state index contributed by atoms with van der Waals surface area (Å²) in [6.07, 6.45) is 0. The van der Waals surface area contributed by atoms with Crippen molar-refractivity contribution in [3.63, 3.8) is 0 Å². The Bertz CT molecular complexity index is 592. The molecule has 0 fully saturated rings. The van der Waals surface area contributed by atoms with Crippen LogP contribution in [0.1, 0.15) is 5.69 Å². The third kappa shape index (κ3) is 3.43. The Hall–Kier alpha value is -1.17. The lowest BCUT2D eigenvalue weighted by atomic mass is 10.2. The quantitative estimate of drug-likeness (QED) is 0.919. The molecule has 100 valence electrons. The van der Waals surface area contributed by atoms with Gasteiger partial charge in [-0.15, -0.1) is 0 Å². The Morgan fingerprint density at radius 1 is 1.32 bits per heavy atom. The number of nitrogens with zero attached hydrogens (tertiary/aromatic N) is 2. The largest absolute Gasteiger partial charge is 0.378 e. The van der Waals surface area contributed by atoms with Crippen molar-refractivity contribution in [3.05, 3.63) is 39.5 Å². The molecule has 1 N–H and O–H groups in total. The zero-order valence-electron chi connectivity index (χ0n) is 10.6. The smallest absolute Gasteiger partial charge is 0.163 e. The Morgan fingerprint density at radius 3 is 2.79 bits per heavy atom. The average Bonchev–Trinajstić information content (AvgIpc) is 2.41. The first-order valence-corrected chi connectivity index (χ1v) is 6.81. The first-order chi connectivity index (χ1) is 9.13. The number of ether oxygens (including phenoxy) is 1. The van der Waals surface area contributed by atoms with Crippen LogP contribution in [0.15, 0.2) is 28.7 Å². The van der Waals surface area contributed by atoms with Crippen LogP contribution in [0, 0.1) is 0 Å². The van der Waals surface area contributed by atoms with Crippen molar-refractivity contribution in [2.24, 2.45) is 0 Å². The number of hydrogen-bond donors (Lipinski definition) is 1. The maximum atomic E-state index is 6.02. The number of hydrogen-bond acceptors (Lipinski definition) is 4. The number of anilines is 1. The van der Waals surface area contributed by atoms with Gasteiger partial charge in [0, 0.05) is 35.3 Å². The molecular formula is C13H13BrClN3O. The molecule has 0 aliphatic carbocycles. The van der Waals surface area contributed by atoms with E-state index in [9.17, 15) is 0 Å². The minimum atomic E-state index is 0.433. The van der Waals surface area contributed by atoms with E-state index in [1.165, 1.54) is 0 Å². The lowest BCUT2D eigenvalue weighted by molar-refractivity contribution is 0.181. The van der Waals surface area contributed by atoms with Gasteiger partial charge in [0.05, 0.1) is 12.3 Å². The van der Waals surface area contributed by atoms with Gasteiger partial charge in [-0.25, -0.2) is 9.97 Å². The summed E-state index contributed by atoms with van der Waals surface area (Å²) in [5, 5.41) is 3.66. The van der Waals surface area contributed by atoms with Gasteiger partial charge in [-0.1, -0.05) is 27.5 Å². The van der Waals surface area contributed by atoms with E-state index in [0.717, 1.165) is 21.5 Å². The Kier molecular flexibility index (Phi) is 4.74. The van der Waals surface area contributed by atoms with Gasteiger partial charge in [-0.05, 0) is 18.2 Å². The zero-order chi connectivity index (χ0) is 13.8. The molecule has 0 saturated heterocycles. The van der Waals surface area contributed by atoms with E-state index >= 15 is 0 Å². The molecule has 0 saturated carbocycles. The topological polar surface area (TPSA) is 47.0 Å². The van der Waals surface area contributed by atoms with Crippen molar-refractivity contribution in [3.8, 4) is 11.4 Å². The van der Waals surface area contributed by atoms with Crippen LogP contribution in [0.2, 0.25) is 5.02 Å². The van der Waals surface area contributed by atoms with Crippen molar-refractivity contribution in [2.45, 2.75) is 6.61 Å². The van der Waals surface area contributed by atoms with E-state index in [2.05, 4.69) is 31.2 Å². The Morgan fingerprint density at radius 2 is 2.11 bits per heavy atom. The highest BCUT2D eigenvalue weighted by Gasteiger charge is 2.10. The second-order valence-corrected chi connectivity index (χ2v) is 5.17. The molecule has 1 aromatic carbocycles. The van der Waals surface area contributed by atoms with Crippen molar-refractivity contribution >= 4 is 33.3 Å². The fraction of sp³-hybridized carbons (Fsp3) is 0.231. The average molecular weight is 343 g/mol. The number of benzene rings is 1. The molecule has 0 unspecified atom stereocenters. The molecule has 4 nitrogen and oxygen atoms in total. The van der Waals surface area contributed by atoms with Crippen LogP contribution in [0.25, 0.3) is 11.4 Å². The van der Waals surface area contributed by atoms with Gasteiger partial charge < -0.3 is 10.1 Å². The molecule has 0 bridgehead atoms. The standard InChI is InChI=1S/C13H13BrClN3O/c1-16-12-6-9(7-19-2)17-13(18-12)10-5-8(15)3-4-11(10)14/h3-6H,7H2,1-2H3,(H,16,17,18). The normalized spacial score (nSPS) is 10.5. The molecule has 0 aliphatic rings. The predicted molar refractivity (Wildman–Crippen MR) is 80.4 cm³/mol. The van der Waals surface area contributed by atoms with E-state index in [4.69, 9.17) is 16.3 Å². The van der Waals surface area contributed by atoms with Gasteiger partial charge in [0.25, 0.3) is 0 Å². The van der Waals surface area contributed by atoms with Gasteiger partial charge in [-0.2, -0.15) is 0 Å². The minimum Gasteiger partial charge on any atom is -0.378 e. The summed E-state index contributed by atoms with van der Waals surface area (Å²) in [4.78, 5) is 8.92. The van der Waals surface area contributed by atoms with Crippen LogP contribution >= 0.6 is 27.5 Å². The number of nitrogens with one attached hydrogen (secondary N) is 1. The van der Waals surface area contributed by atoms with Crippen molar-refractivity contribution in [2.75, 3.05) is 19.5 Å². The summed E-state index contributed by atoms with van der Waals surface area (Å²) in [6.45, 7) is 0.433. The zero-order valence-corrected chi connectivity index (χ0v) is 12.9. The summed E-state index contributed by atoms with van der Waals surface area (Å²) < 4.78 is 6.01. The fourth-order valence-corrected chi connectivity index (χ4v) is 2.23. The lowest BCUT2D eigenvalue weighted by Crippen LogP contribution is -2.02. The summed E-state index contributed by atoms with van der Waals surface area (Å²) in [5.74, 6) is 1.34. The van der Waals surface area contributed by atoms with E-state index in [-0.39, 0.29) is 0 Å². The predicted octanol–water partition coefficient (Wildman–Crippen LogP) is 3.75. The molecule has 6 heteroatoms. The highest BCUT2D eigenvalue weighted by Crippen LogP contribution is 2.29. The minimum absolute atomic E-state index is 0.433. The molecule has 2 rings (SSSR count). The van der Waals surface area contributed by atoms with Crippen LogP contribution in [0.5, 0.6) is 0 Å². The van der Waals surface area contributed by atoms with Gasteiger partial charge in [0.1, 0.15) is 5.82 Å². The first kappa shape index (κ1) is 14.2. The molecule has 0 radical (unpaired) electrons. The van der Waals surface area contributed by atoms with E-state index in [1.807, 2.05) is 31.3 Å². The molecule has 0 aliphatic heterocycles. The fourth-order valence-electron chi connectivity index (χ4n) is 1.64. The second kappa shape index (κ2) is 6.32. The van der Waals surface area contributed by atoms with Gasteiger partial charge >= 0.3 is 0 Å². The van der Waals surface area contributed by atoms with Crippen LogP contribution in [-0.4, -0.2) is 24.1 Å². The molecule has 0 amide bonds. The summed E-state index contributed by atoms with van der Waals surface area (Å²) in [5.41, 5.74) is 1.66. The van der Waals surface area contributed by atoms with Crippen LogP contribution in [-0.2, 0) is 11.3 Å². The van der Waals surface area contributed by atoms with Gasteiger partial charge in [0.15, 0.2) is 5.82 Å². The molecule has 0 spiro atoms. The monoisotopic (exact) mass is 341 g/mol. The highest BCUT2D eigenvalue weighted by molar-refractivity contribution is 9.10. The lowest BCUT2D eigenvalue weighted by Gasteiger charge is -2.09. The third-order valence-corrected chi connectivity index (χ3v) is 3.42. The SMILES string of the molecule is CNc1cc(COC)nc(-c2cc(Cl)ccc2Br)n1. The Labute approximate surface area is 125 Å². The molecule has 1 aromatic heterocycles. The Balaban J connectivity index is 2.54. The van der Waals surface area contributed by atoms with Crippen LogP contribution in [0.3, 0.4) is 0 Å². The summed E-state index contributed by atoms with van der Waals surface area (Å²) in [6, 6.07) is 7.37. The number of aromatic nitrogens is 2. The van der Waals surface area contributed by atoms with E-state index < -0.39 is 0 Å². The number of methoxy groups -OCH3 is 1. The third-order valence-electron chi connectivity index (χ3n) is 2.50. The first-order valence-electron chi connectivity index (χ1n) is 5.64. The summed E-state index contributed by atoms with van der Waals surface area (Å²) >= 11 is 9.51. The van der Waals surface area contributed by atoms with Crippen molar-refractivity contribution < 1.29 is 4.74 Å². The number of halogens is 2. The molecule has 19 heavy (non-hydrogen) atoms. The van der Waals surface area contributed by atoms with E-state index in [0.29, 0.717) is 17.5 Å². The van der Waals surface area contributed by atoms with Crippen molar-refractivity contribution in [1.82, 2.24) is 9.97 Å². The second-order valence-electron chi connectivity index (χ2n) is 3.88. The molecule has 0 atom stereocenters. The van der Waals surface area contributed by atoms with Crippen LogP contribution in [0.4, 0.5) is 5.82 Å². The maximum Gasteiger partial charge on any atom is 0.163 e. The van der Waals surface area contributed by atoms with Gasteiger partial charge in [-0.3, -0.25) is 0 Å². The van der Waals surface area contributed by atoms with Crippen LogP contribution < -0.4 is 5.32 Å². The summed E-state index contributed by atoms with van der Waals surface area (Å²) in [7, 11) is 3.45. The maximum absolute atomic E-state index is 6.02.